The van der Waals surface area contributed by atoms with E-state index in [0.717, 1.165) is 23.8 Å². The third-order valence-corrected chi connectivity index (χ3v) is 4.47. The van der Waals surface area contributed by atoms with Crippen LogP contribution in [0.4, 0.5) is 19.0 Å². The van der Waals surface area contributed by atoms with Crippen LogP contribution in [-0.2, 0) is 6.18 Å². The zero-order valence-electron chi connectivity index (χ0n) is 12.7. The van der Waals surface area contributed by atoms with Crippen LogP contribution in [-0.4, -0.2) is 51.3 Å². The molecule has 3 rings (SSSR count). The smallest absolute Gasteiger partial charge is 0.353 e. The first kappa shape index (κ1) is 16.6. The Labute approximate surface area is 140 Å². The maximum atomic E-state index is 12.6. The molecular weight excluding hydrogens is 343 g/mol. The molecule has 2 aromatic rings. The van der Waals surface area contributed by atoms with E-state index in [1.807, 2.05) is 4.90 Å². The number of piperazine rings is 1. The van der Waals surface area contributed by atoms with Gasteiger partial charge in [-0.1, -0.05) is 0 Å². The highest BCUT2D eigenvalue weighted by atomic mass is 32.1. The number of aromatic nitrogens is 3. The number of rotatable bonds is 2. The fourth-order valence-corrected chi connectivity index (χ4v) is 3.04. The summed E-state index contributed by atoms with van der Waals surface area (Å²) in [5.74, 6) is 0.874. The van der Waals surface area contributed by atoms with Gasteiger partial charge in [-0.15, -0.1) is 0 Å². The van der Waals surface area contributed by atoms with E-state index in [9.17, 15) is 18.0 Å². The van der Waals surface area contributed by atoms with E-state index >= 15 is 0 Å². The normalized spacial score (nSPS) is 15.7. The topological polar surface area (TPSA) is 62.2 Å². The molecular formula is C14H14F3N5OS. The molecule has 0 bridgehead atoms. The first-order valence-corrected chi connectivity index (χ1v) is 8.00. The van der Waals surface area contributed by atoms with Gasteiger partial charge in [0.25, 0.3) is 5.91 Å². The van der Waals surface area contributed by atoms with Crippen LogP contribution in [0.25, 0.3) is 0 Å². The highest BCUT2D eigenvalue weighted by Crippen LogP contribution is 2.29. The monoisotopic (exact) mass is 357 g/mol. The second-order valence-corrected chi connectivity index (χ2v) is 6.08. The fraction of sp³-hybridized carbons (Fsp3) is 0.429. The Hall–Kier alpha value is -2.23. The summed E-state index contributed by atoms with van der Waals surface area (Å²) in [6, 6.07) is 2.37. The van der Waals surface area contributed by atoms with Crippen molar-refractivity contribution in [3.63, 3.8) is 0 Å². The van der Waals surface area contributed by atoms with Crippen molar-refractivity contribution in [1.82, 2.24) is 19.2 Å². The minimum Gasteiger partial charge on any atom is -0.353 e. The molecule has 0 N–H and O–H groups in total. The van der Waals surface area contributed by atoms with Gasteiger partial charge in [-0.25, -0.2) is 9.97 Å². The molecule has 0 aromatic carbocycles. The van der Waals surface area contributed by atoms with Crippen LogP contribution in [0.1, 0.15) is 21.2 Å². The fourth-order valence-electron chi connectivity index (χ4n) is 2.40. The molecule has 1 fully saturated rings. The molecule has 1 amide bonds. The van der Waals surface area contributed by atoms with Crippen LogP contribution in [0.3, 0.4) is 0 Å². The first-order chi connectivity index (χ1) is 11.3. The lowest BCUT2D eigenvalue weighted by atomic mass is 10.2. The van der Waals surface area contributed by atoms with Gasteiger partial charge in [0.1, 0.15) is 11.6 Å². The van der Waals surface area contributed by atoms with Crippen molar-refractivity contribution in [2.75, 3.05) is 31.1 Å². The Bertz CT molecular complexity index is 723. The summed E-state index contributed by atoms with van der Waals surface area (Å²) in [7, 11) is 0. The molecule has 2 aromatic heterocycles. The quantitative estimate of drug-likeness (QED) is 0.825. The van der Waals surface area contributed by atoms with Crippen LogP contribution in [0.2, 0.25) is 0 Å². The minimum absolute atomic E-state index is 0.166. The maximum Gasteiger partial charge on any atom is 0.417 e. The standard InChI is InChI=1S/C14H14F3N5OS/c1-9-19-12(24-20-9)13(23)22-6-4-21(5-7-22)11-3-2-10(8-18-11)14(15,16)17/h2-3,8H,4-7H2,1H3. The van der Waals surface area contributed by atoms with Crippen molar-refractivity contribution >= 4 is 23.3 Å². The van der Waals surface area contributed by atoms with Gasteiger partial charge >= 0.3 is 6.18 Å². The molecule has 0 radical (unpaired) electrons. The molecule has 1 aliphatic heterocycles. The average Bonchev–Trinajstić information content (AvgIpc) is 3.00. The van der Waals surface area contributed by atoms with Gasteiger partial charge < -0.3 is 9.80 Å². The van der Waals surface area contributed by atoms with Gasteiger partial charge in [-0.3, -0.25) is 4.79 Å². The highest BCUT2D eigenvalue weighted by Gasteiger charge is 2.31. The number of aryl methyl sites for hydroxylation is 1. The molecule has 1 aliphatic rings. The summed E-state index contributed by atoms with van der Waals surface area (Å²) >= 11 is 1.07. The first-order valence-electron chi connectivity index (χ1n) is 7.22. The zero-order valence-corrected chi connectivity index (χ0v) is 13.6. The number of carbonyl (C=O) groups excluding carboxylic acids is 1. The van der Waals surface area contributed by atoms with E-state index in [1.165, 1.54) is 6.07 Å². The number of carbonyl (C=O) groups is 1. The molecule has 0 aliphatic carbocycles. The summed E-state index contributed by atoms with van der Waals surface area (Å²) in [6.07, 6.45) is -3.56. The summed E-state index contributed by atoms with van der Waals surface area (Å²) in [5, 5.41) is 0.355. The second kappa shape index (κ2) is 6.34. The molecule has 0 unspecified atom stereocenters. The molecule has 6 nitrogen and oxygen atoms in total. The van der Waals surface area contributed by atoms with Crippen molar-refractivity contribution < 1.29 is 18.0 Å². The molecule has 0 spiro atoms. The van der Waals surface area contributed by atoms with Crippen molar-refractivity contribution in [2.45, 2.75) is 13.1 Å². The Morgan fingerprint density at radius 1 is 1.21 bits per heavy atom. The SMILES string of the molecule is Cc1nsc(C(=O)N2CCN(c3ccc(C(F)(F)F)cn3)CC2)n1. The summed E-state index contributed by atoms with van der Waals surface area (Å²) in [6.45, 7) is 3.64. The number of halogens is 3. The Morgan fingerprint density at radius 3 is 2.42 bits per heavy atom. The Kier molecular flexibility index (Phi) is 4.39. The molecule has 3 heterocycles. The third-order valence-electron chi connectivity index (χ3n) is 3.68. The summed E-state index contributed by atoms with van der Waals surface area (Å²) in [5.41, 5.74) is -0.772. The third kappa shape index (κ3) is 3.48. The lowest BCUT2D eigenvalue weighted by molar-refractivity contribution is -0.137. The molecule has 128 valence electrons. The number of pyridine rings is 1. The van der Waals surface area contributed by atoms with E-state index in [2.05, 4.69) is 14.3 Å². The number of nitrogens with zero attached hydrogens (tertiary/aromatic N) is 5. The van der Waals surface area contributed by atoms with E-state index in [-0.39, 0.29) is 5.91 Å². The van der Waals surface area contributed by atoms with Crippen molar-refractivity contribution in [3.8, 4) is 0 Å². The molecule has 0 atom stereocenters. The van der Waals surface area contributed by atoms with Crippen molar-refractivity contribution in [3.05, 3.63) is 34.7 Å². The number of anilines is 1. The van der Waals surface area contributed by atoms with Gasteiger partial charge in [0, 0.05) is 32.4 Å². The Morgan fingerprint density at radius 2 is 1.92 bits per heavy atom. The van der Waals surface area contributed by atoms with Crippen LogP contribution in [0, 0.1) is 6.92 Å². The molecule has 10 heteroatoms. The lowest BCUT2D eigenvalue weighted by Gasteiger charge is -2.35. The van der Waals surface area contributed by atoms with Gasteiger partial charge in [0.15, 0.2) is 0 Å². The average molecular weight is 357 g/mol. The number of amides is 1. The predicted molar refractivity (Wildman–Crippen MR) is 82.0 cm³/mol. The number of alkyl halides is 3. The lowest BCUT2D eigenvalue weighted by Crippen LogP contribution is -2.49. The number of hydrogen-bond donors (Lipinski definition) is 0. The minimum atomic E-state index is -4.39. The van der Waals surface area contributed by atoms with Crippen molar-refractivity contribution in [2.24, 2.45) is 0 Å². The Balaban J connectivity index is 1.61. The van der Waals surface area contributed by atoms with Crippen LogP contribution < -0.4 is 4.90 Å². The van der Waals surface area contributed by atoms with Gasteiger partial charge in [-0.05, 0) is 30.6 Å². The van der Waals surface area contributed by atoms with Crippen LogP contribution >= 0.6 is 11.5 Å². The molecule has 0 saturated carbocycles. The predicted octanol–water partition coefficient (Wildman–Crippen LogP) is 2.22. The van der Waals surface area contributed by atoms with Crippen LogP contribution in [0.5, 0.6) is 0 Å². The molecule has 24 heavy (non-hydrogen) atoms. The summed E-state index contributed by atoms with van der Waals surface area (Å²) < 4.78 is 41.7. The van der Waals surface area contributed by atoms with Gasteiger partial charge in [0.2, 0.25) is 5.01 Å². The highest BCUT2D eigenvalue weighted by molar-refractivity contribution is 7.07. The maximum absolute atomic E-state index is 12.6. The molecule has 1 saturated heterocycles. The largest absolute Gasteiger partial charge is 0.417 e. The van der Waals surface area contributed by atoms with E-state index < -0.39 is 11.7 Å². The van der Waals surface area contributed by atoms with Gasteiger partial charge in [0.05, 0.1) is 5.56 Å². The van der Waals surface area contributed by atoms with Crippen LogP contribution in [0.15, 0.2) is 18.3 Å². The second-order valence-electron chi connectivity index (χ2n) is 5.33. The van der Waals surface area contributed by atoms with Crippen molar-refractivity contribution in [1.29, 1.82) is 0 Å². The summed E-state index contributed by atoms with van der Waals surface area (Å²) in [4.78, 5) is 23.8. The van der Waals surface area contributed by atoms with E-state index in [4.69, 9.17) is 0 Å². The zero-order chi connectivity index (χ0) is 17.3. The van der Waals surface area contributed by atoms with E-state index in [1.54, 1.807) is 11.8 Å². The van der Waals surface area contributed by atoms with Gasteiger partial charge in [-0.2, -0.15) is 17.5 Å². The number of hydrogen-bond acceptors (Lipinski definition) is 6. The van der Waals surface area contributed by atoms with E-state index in [0.29, 0.717) is 42.8 Å².